The second kappa shape index (κ2) is 3.35. The van der Waals surface area contributed by atoms with Crippen LogP contribution in [0.1, 0.15) is 21.7 Å². The molecule has 0 saturated heterocycles. The molecule has 1 heterocycles. The minimum atomic E-state index is -0.977. The van der Waals surface area contributed by atoms with E-state index in [4.69, 9.17) is 5.11 Å². The Hall–Kier alpha value is -1.90. The first-order chi connectivity index (χ1) is 7.09. The van der Waals surface area contributed by atoms with Crippen molar-refractivity contribution in [3.05, 3.63) is 41.2 Å². The van der Waals surface area contributed by atoms with Crippen molar-refractivity contribution < 1.29 is 9.90 Å². The van der Waals surface area contributed by atoms with Crippen molar-refractivity contribution in [2.75, 3.05) is 0 Å². The van der Waals surface area contributed by atoms with Gasteiger partial charge in [-0.2, -0.15) is 0 Å². The highest BCUT2D eigenvalue weighted by molar-refractivity contribution is 6.02. The lowest BCUT2D eigenvalue weighted by Crippen LogP contribution is -2.03. The summed E-state index contributed by atoms with van der Waals surface area (Å²) in [5.74, 6) is -0.977. The summed E-state index contributed by atoms with van der Waals surface area (Å²) in [6, 6.07) is 7.52. The number of nitrogens with zero attached hydrogens (tertiary/aromatic N) is 1. The van der Waals surface area contributed by atoms with Gasteiger partial charge in [-0.3, -0.25) is 0 Å². The lowest BCUT2D eigenvalue weighted by Gasteiger charge is -2.05. The van der Waals surface area contributed by atoms with E-state index in [1.165, 1.54) is 0 Å². The van der Waals surface area contributed by atoms with Gasteiger partial charge in [-0.1, -0.05) is 18.2 Å². The molecule has 0 atom stereocenters. The molecule has 0 saturated carbocycles. The molecule has 0 spiro atoms. The van der Waals surface area contributed by atoms with Crippen LogP contribution in [0.5, 0.6) is 0 Å². The molecule has 0 amide bonds. The molecule has 76 valence electrons. The van der Waals surface area contributed by atoms with Crippen LogP contribution in [0.3, 0.4) is 0 Å². The van der Waals surface area contributed by atoms with Crippen molar-refractivity contribution in [3.8, 4) is 0 Å². The highest BCUT2D eigenvalue weighted by atomic mass is 16.4. The Labute approximate surface area is 87.4 Å². The third-order valence-electron chi connectivity index (χ3n) is 2.42. The van der Waals surface area contributed by atoms with Crippen molar-refractivity contribution in [2.24, 2.45) is 0 Å². The summed E-state index contributed by atoms with van der Waals surface area (Å²) in [6.07, 6.45) is 0. The molecule has 3 nitrogen and oxygen atoms in total. The highest BCUT2D eigenvalue weighted by Gasteiger charge is 2.11. The minimum Gasteiger partial charge on any atom is -0.476 e. The summed E-state index contributed by atoms with van der Waals surface area (Å²) in [5.41, 5.74) is 1.93. The molecule has 0 fully saturated rings. The maximum atomic E-state index is 11.0. The van der Waals surface area contributed by atoms with Crippen molar-refractivity contribution in [3.63, 3.8) is 0 Å². The zero-order valence-corrected chi connectivity index (χ0v) is 8.61. The maximum Gasteiger partial charge on any atom is 0.355 e. The third-order valence-corrected chi connectivity index (χ3v) is 2.42. The van der Waals surface area contributed by atoms with Gasteiger partial charge in [0, 0.05) is 11.1 Å². The van der Waals surface area contributed by atoms with Crippen molar-refractivity contribution in [1.82, 2.24) is 4.98 Å². The first-order valence-electron chi connectivity index (χ1n) is 4.70. The molecular formula is C12H11NO2. The Morgan fingerprint density at radius 1 is 1.27 bits per heavy atom. The molecule has 1 N–H and O–H groups in total. The number of carboxylic acid groups (broad SMARTS) is 1. The number of carboxylic acids is 1. The van der Waals surface area contributed by atoms with Crippen LogP contribution in [0.4, 0.5) is 0 Å². The predicted octanol–water partition coefficient (Wildman–Crippen LogP) is 2.55. The number of carbonyl (C=O) groups is 1. The van der Waals surface area contributed by atoms with E-state index in [2.05, 4.69) is 4.98 Å². The summed E-state index contributed by atoms with van der Waals surface area (Å²) < 4.78 is 0. The Balaban J connectivity index is 2.92. The minimum absolute atomic E-state index is 0.133. The summed E-state index contributed by atoms with van der Waals surface area (Å²) >= 11 is 0. The maximum absolute atomic E-state index is 11.0. The summed E-state index contributed by atoms with van der Waals surface area (Å²) in [4.78, 5) is 15.1. The fourth-order valence-corrected chi connectivity index (χ4v) is 1.72. The molecular weight excluding hydrogens is 190 g/mol. The van der Waals surface area contributed by atoms with E-state index < -0.39 is 5.97 Å². The highest BCUT2D eigenvalue weighted by Crippen LogP contribution is 2.21. The third kappa shape index (κ3) is 1.56. The average molecular weight is 201 g/mol. The second-order valence-electron chi connectivity index (χ2n) is 3.59. The predicted molar refractivity (Wildman–Crippen MR) is 58.2 cm³/mol. The number of fused-ring (bicyclic) bond motifs is 1. The van der Waals surface area contributed by atoms with Gasteiger partial charge in [0.2, 0.25) is 0 Å². The number of aromatic carboxylic acids is 1. The Bertz CT molecular complexity index is 547. The quantitative estimate of drug-likeness (QED) is 0.771. The van der Waals surface area contributed by atoms with Crippen LogP contribution in [0.15, 0.2) is 24.3 Å². The SMILES string of the molecule is Cc1cc2c(C)cccc2c(C(=O)O)n1. The number of pyridine rings is 1. The number of aromatic nitrogens is 1. The van der Waals surface area contributed by atoms with E-state index in [0.717, 1.165) is 16.6 Å². The van der Waals surface area contributed by atoms with Gasteiger partial charge in [0.15, 0.2) is 5.69 Å². The lowest BCUT2D eigenvalue weighted by molar-refractivity contribution is 0.0692. The molecule has 1 aromatic carbocycles. The van der Waals surface area contributed by atoms with Crippen molar-refractivity contribution in [2.45, 2.75) is 13.8 Å². The van der Waals surface area contributed by atoms with Gasteiger partial charge in [0.1, 0.15) is 0 Å². The zero-order valence-electron chi connectivity index (χ0n) is 8.61. The number of aryl methyl sites for hydroxylation is 2. The molecule has 15 heavy (non-hydrogen) atoms. The Morgan fingerprint density at radius 2 is 2.00 bits per heavy atom. The fraction of sp³-hybridized carbons (Fsp3) is 0.167. The Morgan fingerprint density at radius 3 is 2.67 bits per heavy atom. The van der Waals surface area contributed by atoms with Gasteiger partial charge >= 0.3 is 5.97 Å². The molecule has 0 aliphatic carbocycles. The van der Waals surface area contributed by atoms with Crippen molar-refractivity contribution in [1.29, 1.82) is 0 Å². The van der Waals surface area contributed by atoms with Gasteiger partial charge in [0.25, 0.3) is 0 Å². The molecule has 1 aromatic heterocycles. The van der Waals surface area contributed by atoms with E-state index in [1.54, 1.807) is 13.0 Å². The largest absolute Gasteiger partial charge is 0.476 e. The van der Waals surface area contributed by atoms with Crippen LogP contribution in [0, 0.1) is 13.8 Å². The van der Waals surface area contributed by atoms with Gasteiger partial charge in [0.05, 0.1) is 0 Å². The van der Waals surface area contributed by atoms with Crippen LogP contribution in [0.2, 0.25) is 0 Å². The first-order valence-corrected chi connectivity index (χ1v) is 4.70. The van der Waals surface area contributed by atoms with Crippen molar-refractivity contribution >= 4 is 16.7 Å². The van der Waals surface area contributed by atoms with Crippen LogP contribution >= 0.6 is 0 Å². The second-order valence-corrected chi connectivity index (χ2v) is 3.59. The van der Waals surface area contributed by atoms with E-state index in [9.17, 15) is 4.79 Å². The molecule has 2 aromatic rings. The van der Waals surface area contributed by atoms with E-state index in [-0.39, 0.29) is 5.69 Å². The molecule has 0 bridgehead atoms. The average Bonchev–Trinajstić information content (AvgIpc) is 2.18. The molecule has 0 radical (unpaired) electrons. The lowest BCUT2D eigenvalue weighted by atomic mass is 10.0. The molecule has 0 aliphatic rings. The topological polar surface area (TPSA) is 50.2 Å². The summed E-state index contributed by atoms with van der Waals surface area (Å²) in [5, 5.41) is 10.7. The molecule has 0 unspecified atom stereocenters. The van der Waals surface area contributed by atoms with Gasteiger partial charge in [-0.15, -0.1) is 0 Å². The summed E-state index contributed by atoms with van der Waals surface area (Å²) in [7, 11) is 0. The fourth-order valence-electron chi connectivity index (χ4n) is 1.72. The number of hydrogen-bond acceptors (Lipinski definition) is 2. The monoisotopic (exact) mass is 201 g/mol. The van der Waals surface area contributed by atoms with E-state index in [0.29, 0.717) is 5.39 Å². The van der Waals surface area contributed by atoms with Crippen LogP contribution in [-0.2, 0) is 0 Å². The molecule has 3 heteroatoms. The smallest absolute Gasteiger partial charge is 0.355 e. The van der Waals surface area contributed by atoms with Gasteiger partial charge in [-0.25, -0.2) is 9.78 Å². The standard InChI is InChI=1S/C12H11NO2/c1-7-4-3-5-9-10(7)6-8(2)13-11(9)12(14)15/h3-6H,1-2H3,(H,14,15). The zero-order chi connectivity index (χ0) is 11.0. The Kier molecular flexibility index (Phi) is 2.15. The normalized spacial score (nSPS) is 10.5. The van der Waals surface area contributed by atoms with E-state index in [1.807, 2.05) is 25.1 Å². The molecule has 2 rings (SSSR count). The van der Waals surface area contributed by atoms with Crippen LogP contribution in [-0.4, -0.2) is 16.1 Å². The number of benzene rings is 1. The first kappa shape index (κ1) is 9.65. The van der Waals surface area contributed by atoms with E-state index >= 15 is 0 Å². The van der Waals surface area contributed by atoms with Gasteiger partial charge < -0.3 is 5.11 Å². The summed E-state index contributed by atoms with van der Waals surface area (Å²) in [6.45, 7) is 3.77. The van der Waals surface area contributed by atoms with Crippen LogP contribution in [0.25, 0.3) is 10.8 Å². The molecule has 0 aliphatic heterocycles. The number of hydrogen-bond donors (Lipinski definition) is 1. The number of rotatable bonds is 1. The van der Waals surface area contributed by atoms with Gasteiger partial charge in [-0.05, 0) is 30.9 Å². The van der Waals surface area contributed by atoms with Crippen LogP contribution < -0.4 is 0 Å².